The van der Waals surface area contributed by atoms with Gasteiger partial charge in [-0.05, 0) is 44.3 Å². The van der Waals surface area contributed by atoms with E-state index in [-0.39, 0.29) is 29.5 Å². The summed E-state index contributed by atoms with van der Waals surface area (Å²) < 4.78 is 25.4. The summed E-state index contributed by atoms with van der Waals surface area (Å²) in [5.41, 5.74) is 0. The molecule has 1 aliphatic carbocycles. The second kappa shape index (κ2) is 6.56. The second-order valence-electron chi connectivity index (χ2n) is 7.19. The van der Waals surface area contributed by atoms with Gasteiger partial charge in [0.1, 0.15) is 6.17 Å². The Morgan fingerprint density at radius 1 is 1.30 bits per heavy atom. The van der Waals surface area contributed by atoms with Gasteiger partial charge in [0.15, 0.2) is 8.32 Å². The molecular weight excluding hydrogens is 275 g/mol. The summed E-state index contributed by atoms with van der Waals surface area (Å²) in [5.74, 6) is -0.565. The van der Waals surface area contributed by atoms with Crippen LogP contribution in [0.2, 0.25) is 18.1 Å². The molecule has 0 aromatic carbocycles. The highest BCUT2D eigenvalue weighted by Crippen LogP contribution is 2.40. The van der Waals surface area contributed by atoms with Gasteiger partial charge in [0.25, 0.3) is 0 Å². The van der Waals surface area contributed by atoms with Crippen LogP contribution in [0, 0.1) is 5.92 Å². The molecule has 0 amide bonds. The van der Waals surface area contributed by atoms with Crippen LogP contribution in [0.4, 0.5) is 4.39 Å². The minimum Gasteiger partial charge on any atom is -0.466 e. The van der Waals surface area contributed by atoms with Crippen molar-refractivity contribution in [2.45, 2.75) is 77.4 Å². The van der Waals surface area contributed by atoms with Crippen LogP contribution < -0.4 is 0 Å². The van der Waals surface area contributed by atoms with Crippen LogP contribution in [0.1, 0.15) is 47.0 Å². The molecule has 0 bridgehead atoms. The number of hydrogen-bond acceptors (Lipinski definition) is 3. The van der Waals surface area contributed by atoms with Gasteiger partial charge >= 0.3 is 5.97 Å². The Kier molecular flexibility index (Phi) is 5.78. The number of carbonyl (C=O) groups is 1. The number of esters is 1. The summed E-state index contributed by atoms with van der Waals surface area (Å²) in [5, 5.41) is 0.0741. The third kappa shape index (κ3) is 4.28. The van der Waals surface area contributed by atoms with E-state index in [4.69, 9.17) is 9.16 Å². The standard InChI is InChI=1S/C15H29FO3Si/c1-7-18-14(17)11-8-9-13(12(16)10-11)19-20(5,6)15(2,3)4/h11-13H,7-10H2,1-6H3/t11-,12+,13+/m1/s1. The molecule has 0 spiro atoms. The summed E-state index contributed by atoms with van der Waals surface area (Å²) in [6.07, 6.45) is 0.0854. The summed E-state index contributed by atoms with van der Waals surface area (Å²) in [4.78, 5) is 11.7. The van der Waals surface area contributed by atoms with E-state index in [1.165, 1.54) is 0 Å². The van der Waals surface area contributed by atoms with E-state index in [1.54, 1.807) is 6.92 Å². The molecule has 0 aliphatic heterocycles. The molecule has 0 radical (unpaired) electrons. The van der Waals surface area contributed by atoms with Gasteiger partial charge < -0.3 is 9.16 Å². The summed E-state index contributed by atoms with van der Waals surface area (Å²) in [7, 11) is -1.95. The lowest BCUT2D eigenvalue weighted by atomic mass is 9.86. The molecule has 3 nitrogen and oxygen atoms in total. The molecule has 1 saturated carbocycles. The van der Waals surface area contributed by atoms with Crippen LogP contribution in [0.25, 0.3) is 0 Å². The molecule has 1 fully saturated rings. The molecule has 118 valence electrons. The van der Waals surface area contributed by atoms with Crippen molar-refractivity contribution in [1.82, 2.24) is 0 Å². The molecule has 0 aromatic heterocycles. The lowest BCUT2D eigenvalue weighted by Crippen LogP contribution is -2.48. The third-order valence-corrected chi connectivity index (χ3v) is 9.09. The lowest BCUT2D eigenvalue weighted by Gasteiger charge is -2.42. The monoisotopic (exact) mass is 304 g/mol. The van der Waals surface area contributed by atoms with Crippen molar-refractivity contribution in [2.75, 3.05) is 6.61 Å². The first kappa shape index (κ1) is 17.6. The average Bonchev–Trinajstić information content (AvgIpc) is 2.30. The Labute approximate surface area is 123 Å². The highest BCUT2D eigenvalue weighted by atomic mass is 28.4. The van der Waals surface area contributed by atoms with Crippen LogP contribution in [0.15, 0.2) is 0 Å². The van der Waals surface area contributed by atoms with E-state index >= 15 is 0 Å². The fraction of sp³-hybridized carbons (Fsp3) is 0.933. The molecule has 0 aromatic rings. The number of hydrogen-bond donors (Lipinski definition) is 0. The van der Waals surface area contributed by atoms with Gasteiger partial charge in [-0.25, -0.2) is 4.39 Å². The fourth-order valence-electron chi connectivity index (χ4n) is 2.25. The molecule has 1 rings (SSSR count). The summed E-state index contributed by atoms with van der Waals surface area (Å²) >= 11 is 0. The number of carbonyl (C=O) groups excluding carboxylic acids is 1. The van der Waals surface area contributed by atoms with Crippen LogP contribution in [0.5, 0.6) is 0 Å². The van der Waals surface area contributed by atoms with Gasteiger partial charge in [-0.2, -0.15) is 0 Å². The van der Waals surface area contributed by atoms with Gasteiger partial charge in [-0.1, -0.05) is 20.8 Å². The zero-order valence-electron chi connectivity index (χ0n) is 13.7. The predicted molar refractivity (Wildman–Crippen MR) is 80.9 cm³/mol. The van der Waals surface area contributed by atoms with Gasteiger partial charge in [0.05, 0.1) is 18.6 Å². The average molecular weight is 304 g/mol. The van der Waals surface area contributed by atoms with Crippen molar-refractivity contribution in [2.24, 2.45) is 5.92 Å². The molecule has 1 aliphatic rings. The molecule has 0 N–H and O–H groups in total. The van der Waals surface area contributed by atoms with Crippen molar-refractivity contribution in [3.8, 4) is 0 Å². The fourth-order valence-corrected chi connectivity index (χ4v) is 3.63. The zero-order chi connectivity index (χ0) is 15.6. The van der Waals surface area contributed by atoms with E-state index in [0.29, 0.717) is 19.4 Å². The van der Waals surface area contributed by atoms with Crippen LogP contribution >= 0.6 is 0 Å². The Morgan fingerprint density at radius 2 is 1.90 bits per heavy atom. The first-order chi connectivity index (χ1) is 9.08. The van der Waals surface area contributed by atoms with Crippen molar-refractivity contribution < 1.29 is 18.3 Å². The largest absolute Gasteiger partial charge is 0.466 e. The van der Waals surface area contributed by atoms with Crippen LogP contribution in [-0.4, -0.2) is 33.2 Å². The van der Waals surface area contributed by atoms with Gasteiger partial charge in [-0.15, -0.1) is 0 Å². The summed E-state index contributed by atoms with van der Waals surface area (Å²) in [6, 6.07) is 0. The van der Waals surface area contributed by atoms with E-state index in [9.17, 15) is 9.18 Å². The third-order valence-electron chi connectivity index (χ3n) is 4.58. The Balaban J connectivity index is 2.59. The number of alkyl halides is 1. The van der Waals surface area contributed by atoms with E-state index in [0.717, 1.165) is 0 Å². The Bertz CT molecular complexity index is 339. The maximum absolute atomic E-state index is 14.3. The number of rotatable bonds is 4. The lowest BCUT2D eigenvalue weighted by molar-refractivity contribution is -0.151. The highest BCUT2D eigenvalue weighted by molar-refractivity contribution is 6.74. The van der Waals surface area contributed by atoms with Crippen LogP contribution in [0.3, 0.4) is 0 Å². The first-order valence-corrected chi connectivity index (χ1v) is 10.5. The van der Waals surface area contributed by atoms with Crippen molar-refractivity contribution in [3.63, 3.8) is 0 Å². The normalized spacial score (nSPS) is 28.2. The predicted octanol–water partition coefficient (Wildman–Crippen LogP) is 4.08. The molecule has 0 unspecified atom stereocenters. The molecule has 20 heavy (non-hydrogen) atoms. The quantitative estimate of drug-likeness (QED) is 0.580. The smallest absolute Gasteiger partial charge is 0.309 e. The first-order valence-electron chi connectivity index (χ1n) is 7.57. The molecular formula is C15H29FO3Si. The second-order valence-corrected chi connectivity index (χ2v) is 12.0. The summed E-state index contributed by atoms with van der Waals surface area (Å²) in [6.45, 7) is 12.9. The van der Waals surface area contributed by atoms with Crippen molar-refractivity contribution in [1.29, 1.82) is 0 Å². The minimum atomic E-state index is -1.95. The Morgan fingerprint density at radius 3 is 2.35 bits per heavy atom. The SMILES string of the molecule is CCOC(=O)[C@@H]1CC[C@H](O[Si](C)(C)C(C)(C)C)[C@@H](F)C1. The zero-order valence-corrected chi connectivity index (χ0v) is 14.7. The van der Waals surface area contributed by atoms with Gasteiger partial charge in [0, 0.05) is 0 Å². The number of ether oxygens (including phenoxy) is 1. The maximum Gasteiger partial charge on any atom is 0.309 e. The maximum atomic E-state index is 14.3. The van der Waals surface area contributed by atoms with Crippen molar-refractivity contribution >= 4 is 14.3 Å². The van der Waals surface area contributed by atoms with Crippen molar-refractivity contribution in [3.05, 3.63) is 0 Å². The molecule has 3 atom stereocenters. The van der Waals surface area contributed by atoms with E-state index < -0.39 is 14.5 Å². The molecule has 5 heteroatoms. The topological polar surface area (TPSA) is 35.5 Å². The minimum absolute atomic E-state index is 0.0741. The van der Waals surface area contributed by atoms with Gasteiger partial charge in [0.2, 0.25) is 0 Å². The van der Waals surface area contributed by atoms with Crippen LogP contribution in [-0.2, 0) is 14.0 Å². The molecule has 0 heterocycles. The van der Waals surface area contributed by atoms with Gasteiger partial charge in [-0.3, -0.25) is 4.79 Å². The highest BCUT2D eigenvalue weighted by Gasteiger charge is 2.43. The van der Waals surface area contributed by atoms with E-state index in [2.05, 4.69) is 33.9 Å². The Hall–Kier alpha value is -0.423. The number of halogens is 1. The molecule has 0 saturated heterocycles. The van der Waals surface area contributed by atoms with E-state index in [1.807, 2.05) is 0 Å².